The molecule has 1 spiro atoms. The van der Waals surface area contributed by atoms with Gasteiger partial charge in [-0.3, -0.25) is 9.48 Å². The first kappa shape index (κ1) is 11.6. The molecular formula is C14H19N3O2. The third-order valence-corrected chi connectivity index (χ3v) is 4.87. The second kappa shape index (κ2) is 4.15. The molecule has 5 heteroatoms. The average Bonchev–Trinajstić information content (AvgIpc) is 2.71. The number of piperidine rings is 1. The van der Waals surface area contributed by atoms with Crippen LogP contribution in [0.25, 0.3) is 0 Å². The van der Waals surface area contributed by atoms with Crippen LogP contribution in [-0.2, 0) is 11.2 Å². The number of ketones is 1. The van der Waals surface area contributed by atoms with E-state index in [1.54, 1.807) is 0 Å². The van der Waals surface area contributed by atoms with Crippen molar-refractivity contribution in [3.05, 3.63) is 17.5 Å². The Labute approximate surface area is 112 Å². The Bertz CT molecular complexity index is 513. The lowest BCUT2D eigenvalue weighted by atomic mass is 9.67. The molecule has 4 rings (SSSR count). The molecule has 0 amide bonds. The molecule has 3 heterocycles. The Balaban J connectivity index is 1.68. The van der Waals surface area contributed by atoms with Crippen LogP contribution in [0.1, 0.15) is 41.4 Å². The molecule has 0 aromatic carbocycles. The van der Waals surface area contributed by atoms with Crippen molar-refractivity contribution >= 4 is 5.78 Å². The maximum atomic E-state index is 12.6. The molecule has 0 radical (unpaired) electrons. The Morgan fingerprint density at radius 3 is 2.79 bits per heavy atom. The van der Waals surface area contributed by atoms with E-state index in [0.29, 0.717) is 19.6 Å². The molecule has 3 aliphatic rings. The molecule has 1 N–H and O–H groups in total. The van der Waals surface area contributed by atoms with Crippen LogP contribution in [0.2, 0.25) is 0 Å². The van der Waals surface area contributed by atoms with Gasteiger partial charge in [-0.05, 0) is 37.8 Å². The van der Waals surface area contributed by atoms with Crippen LogP contribution in [0.4, 0.5) is 0 Å². The summed E-state index contributed by atoms with van der Waals surface area (Å²) in [6, 6.07) is 0.273. The average molecular weight is 261 g/mol. The van der Waals surface area contributed by atoms with Crippen molar-refractivity contribution in [1.29, 1.82) is 0 Å². The van der Waals surface area contributed by atoms with Crippen molar-refractivity contribution in [2.45, 2.75) is 31.7 Å². The molecule has 1 aromatic heterocycles. The number of aromatic nitrogens is 2. The van der Waals surface area contributed by atoms with Gasteiger partial charge >= 0.3 is 0 Å². The van der Waals surface area contributed by atoms with E-state index in [9.17, 15) is 4.79 Å². The van der Waals surface area contributed by atoms with E-state index in [1.165, 1.54) is 0 Å². The van der Waals surface area contributed by atoms with E-state index in [-0.39, 0.29) is 17.2 Å². The molecule has 0 bridgehead atoms. The molecular weight excluding hydrogens is 242 g/mol. The predicted octanol–water partition coefficient (Wildman–Crippen LogP) is 0.953. The summed E-state index contributed by atoms with van der Waals surface area (Å²) in [7, 11) is 0. The van der Waals surface area contributed by atoms with Crippen LogP contribution in [0.15, 0.2) is 6.20 Å². The van der Waals surface area contributed by atoms with Gasteiger partial charge in [0.25, 0.3) is 0 Å². The third-order valence-electron chi connectivity index (χ3n) is 4.87. The molecule has 2 fully saturated rings. The van der Waals surface area contributed by atoms with Crippen molar-refractivity contribution in [1.82, 2.24) is 15.1 Å². The second-order valence-corrected chi connectivity index (χ2v) is 6.18. The Hall–Kier alpha value is -1.20. The van der Waals surface area contributed by atoms with Crippen molar-refractivity contribution < 1.29 is 9.53 Å². The first-order valence-electron chi connectivity index (χ1n) is 7.16. The molecule has 2 aliphatic heterocycles. The lowest BCUT2D eigenvalue weighted by Crippen LogP contribution is -2.43. The van der Waals surface area contributed by atoms with Crippen molar-refractivity contribution in [3.63, 3.8) is 0 Å². The Morgan fingerprint density at radius 2 is 2.11 bits per heavy atom. The smallest absolute Gasteiger partial charge is 0.181 e. The van der Waals surface area contributed by atoms with Crippen LogP contribution in [-0.4, -0.2) is 41.9 Å². The zero-order valence-corrected chi connectivity index (χ0v) is 11.0. The molecule has 2 saturated heterocycles. The van der Waals surface area contributed by atoms with E-state index >= 15 is 0 Å². The normalized spacial score (nSPS) is 26.2. The SMILES string of the molecule is O=C1CC2(CCNCC2)Cc2cnn(C3COC3)c21. The summed E-state index contributed by atoms with van der Waals surface area (Å²) >= 11 is 0. The van der Waals surface area contributed by atoms with Gasteiger partial charge in [-0.1, -0.05) is 0 Å². The maximum absolute atomic E-state index is 12.6. The van der Waals surface area contributed by atoms with Crippen LogP contribution in [0.5, 0.6) is 0 Å². The van der Waals surface area contributed by atoms with E-state index in [2.05, 4.69) is 10.4 Å². The predicted molar refractivity (Wildman–Crippen MR) is 69.3 cm³/mol. The highest BCUT2D eigenvalue weighted by Crippen LogP contribution is 2.42. The summed E-state index contributed by atoms with van der Waals surface area (Å²) in [5, 5.41) is 7.84. The molecule has 0 atom stereocenters. The molecule has 102 valence electrons. The third kappa shape index (κ3) is 1.75. The number of fused-ring (bicyclic) bond motifs is 1. The minimum absolute atomic E-state index is 0.194. The highest BCUT2D eigenvalue weighted by molar-refractivity contribution is 5.97. The number of rotatable bonds is 1. The number of Topliss-reactive ketones (excluding diaryl/α,β-unsaturated/α-hetero) is 1. The fraction of sp³-hybridized carbons (Fsp3) is 0.714. The number of nitrogens with one attached hydrogen (secondary N) is 1. The van der Waals surface area contributed by atoms with Crippen LogP contribution >= 0.6 is 0 Å². The standard InChI is InChI=1S/C14H19N3O2/c18-12-6-14(1-3-15-4-2-14)5-10-7-16-17(13(10)12)11-8-19-9-11/h7,11,15H,1-6,8-9H2. The zero-order chi connectivity index (χ0) is 12.9. The number of nitrogens with zero attached hydrogens (tertiary/aromatic N) is 2. The zero-order valence-electron chi connectivity index (χ0n) is 11.0. The number of hydrogen-bond donors (Lipinski definition) is 1. The topological polar surface area (TPSA) is 56.2 Å². The maximum Gasteiger partial charge on any atom is 0.181 e. The van der Waals surface area contributed by atoms with Crippen LogP contribution < -0.4 is 5.32 Å². The van der Waals surface area contributed by atoms with Gasteiger partial charge in [0.05, 0.1) is 25.5 Å². The monoisotopic (exact) mass is 261 g/mol. The van der Waals surface area contributed by atoms with Gasteiger partial charge in [-0.2, -0.15) is 5.10 Å². The van der Waals surface area contributed by atoms with Gasteiger partial charge in [-0.25, -0.2) is 0 Å². The number of carbonyl (C=O) groups excluding carboxylic acids is 1. The van der Waals surface area contributed by atoms with E-state index < -0.39 is 0 Å². The van der Waals surface area contributed by atoms with Gasteiger partial charge in [-0.15, -0.1) is 0 Å². The quantitative estimate of drug-likeness (QED) is 0.818. The lowest BCUT2D eigenvalue weighted by molar-refractivity contribution is -0.0297. The summed E-state index contributed by atoms with van der Waals surface area (Å²) in [6.45, 7) is 3.45. The first-order chi connectivity index (χ1) is 9.27. The van der Waals surface area contributed by atoms with Crippen molar-refractivity contribution in [2.24, 2.45) is 5.41 Å². The van der Waals surface area contributed by atoms with Crippen LogP contribution in [0, 0.1) is 5.41 Å². The number of ether oxygens (including phenoxy) is 1. The van der Waals surface area contributed by atoms with Gasteiger partial charge in [0.2, 0.25) is 0 Å². The molecule has 19 heavy (non-hydrogen) atoms. The molecule has 0 saturated carbocycles. The Morgan fingerprint density at radius 1 is 1.32 bits per heavy atom. The highest BCUT2D eigenvalue weighted by Gasteiger charge is 2.42. The fourth-order valence-electron chi connectivity index (χ4n) is 3.68. The lowest BCUT2D eigenvalue weighted by Gasteiger charge is -2.40. The van der Waals surface area contributed by atoms with Crippen molar-refractivity contribution in [3.8, 4) is 0 Å². The van der Waals surface area contributed by atoms with Gasteiger partial charge in [0.15, 0.2) is 5.78 Å². The van der Waals surface area contributed by atoms with E-state index in [0.717, 1.165) is 43.6 Å². The largest absolute Gasteiger partial charge is 0.377 e. The summed E-state index contributed by atoms with van der Waals surface area (Å²) in [5.74, 6) is 0.285. The Kier molecular flexibility index (Phi) is 2.53. The minimum Gasteiger partial charge on any atom is -0.377 e. The summed E-state index contributed by atoms with van der Waals surface area (Å²) in [4.78, 5) is 12.6. The second-order valence-electron chi connectivity index (χ2n) is 6.18. The molecule has 5 nitrogen and oxygen atoms in total. The summed E-state index contributed by atoms with van der Waals surface area (Å²) in [5.41, 5.74) is 2.21. The minimum atomic E-state index is 0.194. The van der Waals surface area contributed by atoms with E-state index in [1.807, 2.05) is 10.9 Å². The molecule has 1 aliphatic carbocycles. The number of carbonyl (C=O) groups is 1. The molecule has 1 aromatic rings. The first-order valence-corrected chi connectivity index (χ1v) is 7.16. The molecule has 0 unspecified atom stereocenters. The van der Waals surface area contributed by atoms with Gasteiger partial charge in [0.1, 0.15) is 5.69 Å². The van der Waals surface area contributed by atoms with Crippen molar-refractivity contribution in [2.75, 3.05) is 26.3 Å². The number of hydrogen-bond acceptors (Lipinski definition) is 4. The summed E-state index contributed by atoms with van der Waals surface area (Å²) in [6.07, 6.45) is 5.84. The van der Waals surface area contributed by atoms with Gasteiger partial charge < -0.3 is 10.1 Å². The summed E-state index contributed by atoms with van der Waals surface area (Å²) < 4.78 is 7.13. The highest BCUT2D eigenvalue weighted by atomic mass is 16.5. The fourth-order valence-corrected chi connectivity index (χ4v) is 3.68. The van der Waals surface area contributed by atoms with Gasteiger partial charge in [0, 0.05) is 12.0 Å². The van der Waals surface area contributed by atoms with Crippen LogP contribution in [0.3, 0.4) is 0 Å². The van der Waals surface area contributed by atoms with E-state index in [4.69, 9.17) is 4.74 Å².